The van der Waals surface area contributed by atoms with Gasteiger partial charge in [0.15, 0.2) is 0 Å². The van der Waals surface area contributed by atoms with Crippen LogP contribution in [0.1, 0.15) is 23.2 Å². The van der Waals surface area contributed by atoms with E-state index < -0.39 is 17.8 Å². The third-order valence-corrected chi connectivity index (χ3v) is 3.63. The van der Waals surface area contributed by atoms with Crippen molar-refractivity contribution in [3.8, 4) is 0 Å². The van der Waals surface area contributed by atoms with Crippen molar-refractivity contribution in [3.05, 3.63) is 29.6 Å². The lowest BCUT2D eigenvalue weighted by atomic mass is 10.1. The molecule has 0 unspecified atom stereocenters. The first-order valence-corrected chi connectivity index (χ1v) is 6.76. The van der Waals surface area contributed by atoms with E-state index in [0.29, 0.717) is 0 Å². The predicted octanol–water partition coefficient (Wildman–Crippen LogP) is 1.74. The van der Waals surface area contributed by atoms with E-state index in [1.807, 2.05) is 0 Å². The maximum absolute atomic E-state index is 13.1. The van der Waals surface area contributed by atoms with E-state index in [2.05, 4.69) is 10.6 Å². The third-order valence-electron chi connectivity index (χ3n) is 3.63. The molecule has 0 aromatic heterocycles. The first-order chi connectivity index (χ1) is 9.99. The standard InChI is InChI=1S/C14H18FN3O3/c1-18(10-4-6-16-7-5-10)14(21)17-12-3-2-9(15)8-11(12)13(19)20/h2-3,8,10,16H,4-7H2,1H3,(H,17,21)(H,19,20). The number of carbonyl (C=O) groups excluding carboxylic acids is 1. The van der Waals surface area contributed by atoms with Gasteiger partial charge < -0.3 is 20.6 Å². The quantitative estimate of drug-likeness (QED) is 0.793. The number of nitrogens with one attached hydrogen (secondary N) is 2. The molecule has 2 amide bonds. The van der Waals surface area contributed by atoms with Gasteiger partial charge in [0.2, 0.25) is 0 Å². The minimum absolute atomic E-state index is 0.0923. The number of benzene rings is 1. The number of carboxylic acids is 1. The SMILES string of the molecule is CN(C(=O)Nc1ccc(F)cc1C(=O)O)C1CCNCC1. The molecule has 2 rings (SSSR count). The zero-order valence-electron chi connectivity index (χ0n) is 11.7. The normalized spacial score (nSPS) is 15.5. The Bertz CT molecular complexity index is 544. The molecule has 0 spiro atoms. The number of halogens is 1. The maximum atomic E-state index is 13.1. The number of aromatic carboxylic acids is 1. The van der Waals surface area contributed by atoms with Gasteiger partial charge in [-0.3, -0.25) is 0 Å². The Morgan fingerprint density at radius 1 is 1.38 bits per heavy atom. The van der Waals surface area contributed by atoms with E-state index in [4.69, 9.17) is 5.11 Å². The highest BCUT2D eigenvalue weighted by Gasteiger charge is 2.23. The molecule has 21 heavy (non-hydrogen) atoms. The smallest absolute Gasteiger partial charge is 0.337 e. The summed E-state index contributed by atoms with van der Waals surface area (Å²) in [6, 6.07) is 2.98. The van der Waals surface area contributed by atoms with Gasteiger partial charge in [-0.05, 0) is 44.1 Å². The lowest BCUT2D eigenvalue weighted by Gasteiger charge is -2.31. The van der Waals surface area contributed by atoms with Gasteiger partial charge in [0, 0.05) is 13.1 Å². The summed E-state index contributed by atoms with van der Waals surface area (Å²) >= 11 is 0. The van der Waals surface area contributed by atoms with Crippen molar-refractivity contribution in [2.45, 2.75) is 18.9 Å². The summed E-state index contributed by atoms with van der Waals surface area (Å²) in [6.07, 6.45) is 1.69. The van der Waals surface area contributed by atoms with Crippen LogP contribution in [0, 0.1) is 5.82 Å². The Morgan fingerprint density at radius 2 is 2.05 bits per heavy atom. The molecule has 0 bridgehead atoms. The van der Waals surface area contributed by atoms with Crippen LogP contribution in [0.2, 0.25) is 0 Å². The second kappa shape index (κ2) is 6.53. The summed E-state index contributed by atoms with van der Waals surface area (Å²) in [6.45, 7) is 1.69. The summed E-state index contributed by atoms with van der Waals surface area (Å²) in [5.41, 5.74) is -0.170. The molecule has 6 nitrogen and oxygen atoms in total. The number of rotatable bonds is 3. The van der Waals surface area contributed by atoms with Crippen LogP contribution in [0.15, 0.2) is 18.2 Å². The van der Waals surface area contributed by atoms with Crippen molar-refractivity contribution >= 4 is 17.7 Å². The summed E-state index contributed by atoms with van der Waals surface area (Å²) in [4.78, 5) is 24.8. The fourth-order valence-corrected chi connectivity index (χ4v) is 2.37. The van der Waals surface area contributed by atoms with E-state index in [0.717, 1.165) is 38.1 Å². The molecular formula is C14H18FN3O3. The molecular weight excluding hydrogens is 277 g/mol. The second-order valence-corrected chi connectivity index (χ2v) is 5.02. The molecule has 0 saturated carbocycles. The molecule has 3 N–H and O–H groups in total. The fourth-order valence-electron chi connectivity index (χ4n) is 2.37. The van der Waals surface area contributed by atoms with E-state index >= 15 is 0 Å². The van der Waals surface area contributed by atoms with Gasteiger partial charge in [-0.1, -0.05) is 0 Å². The van der Waals surface area contributed by atoms with Crippen LogP contribution in [0.3, 0.4) is 0 Å². The molecule has 7 heteroatoms. The molecule has 1 fully saturated rings. The molecule has 0 aliphatic carbocycles. The highest BCUT2D eigenvalue weighted by Crippen LogP contribution is 2.19. The molecule has 1 aromatic carbocycles. The Balaban J connectivity index is 2.10. The molecule has 1 aromatic rings. The van der Waals surface area contributed by atoms with Crippen LogP contribution in [0.4, 0.5) is 14.9 Å². The largest absolute Gasteiger partial charge is 0.478 e. The Morgan fingerprint density at radius 3 is 2.67 bits per heavy atom. The van der Waals surface area contributed by atoms with Crippen molar-refractivity contribution < 1.29 is 19.1 Å². The zero-order chi connectivity index (χ0) is 15.4. The lowest BCUT2D eigenvalue weighted by molar-refractivity contribution is 0.0697. The van der Waals surface area contributed by atoms with Gasteiger partial charge in [0.1, 0.15) is 5.82 Å². The molecule has 1 heterocycles. The Hall–Kier alpha value is -2.15. The van der Waals surface area contributed by atoms with Crippen molar-refractivity contribution in [2.24, 2.45) is 0 Å². The van der Waals surface area contributed by atoms with Crippen LogP contribution in [-0.2, 0) is 0 Å². The highest BCUT2D eigenvalue weighted by atomic mass is 19.1. The summed E-state index contributed by atoms with van der Waals surface area (Å²) < 4.78 is 13.1. The lowest BCUT2D eigenvalue weighted by Crippen LogP contribution is -2.45. The second-order valence-electron chi connectivity index (χ2n) is 5.02. The minimum Gasteiger partial charge on any atom is -0.478 e. The average Bonchev–Trinajstić information content (AvgIpc) is 2.49. The van der Waals surface area contributed by atoms with Crippen molar-refractivity contribution in [2.75, 3.05) is 25.5 Å². The van der Waals surface area contributed by atoms with Crippen molar-refractivity contribution in [1.82, 2.24) is 10.2 Å². The van der Waals surface area contributed by atoms with Gasteiger partial charge in [0.05, 0.1) is 11.3 Å². The van der Waals surface area contributed by atoms with Crippen LogP contribution in [-0.4, -0.2) is 48.2 Å². The summed E-state index contributed by atoms with van der Waals surface area (Å²) in [7, 11) is 1.68. The maximum Gasteiger partial charge on any atom is 0.337 e. The van der Waals surface area contributed by atoms with Crippen molar-refractivity contribution in [1.29, 1.82) is 0 Å². The van der Waals surface area contributed by atoms with Crippen LogP contribution in [0.25, 0.3) is 0 Å². The number of carbonyl (C=O) groups is 2. The van der Waals surface area contributed by atoms with E-state index in [1.54, 1.807) is 11.9 Å². The first kappa shape index (κ1) is 15.2. The summed E-state index contributed by atoms with van der Waals surface area (Å²) in [5, 5.41) is 14.8. The zero-order valence-corrected chi connectivity index (χ0v) is 11.7. The van der Waals surface area contributed by atoms with Crippen LogP contribution in [0.5, 0.6) is 0 Å². The number of piperidine rings is 1. The van der Waals surface area contributed by atoms with Gasteiger partial charge in [0.25, 0.3) is 0 Å². The van der Waals surface area contributed by atoms with E-state index in [-0.39, 0.29) is 17.3 Å². The third kappa shape index (κ3) is 3.69. The fraction of sp³-hybridized carbons (Fsp3) is 0.429. The number of anilines is 1. The van der Waals surface area contributed by atoms with Crippen LogP contribution < -0.4 is 10.6 Å². The Kier molecular flexibility index (Phi) is 4.74. The van der Waals surface area contributed by atoms with Crippen LogP contribution >= 0.6 is 0 Å². The van der Waals surface area contributed by atoms with E-state index in [9.17, 15) is 14.0 Å². The molecule has 0 radical (unpaired) electrons. The first-order valence-electron chi connectivity index (χ1n) is 6.76. The number of amides is 2. The number of hydrogen-bond acceptors (Lipinski definition) is 3. The molecule has 1 saturated heterocycles. The topological polar surface area (TPSA) is 81.7 Å². The molecule has 114 valence electrons. The number of urea groups is 1. The average molecular weight is 295 g/mol. The molecule has 1 aliphatic rings. The molecule has 0 atom stereocenters. The number of nitrogens with zero attached hydrogens (tertiary/aromatic N) is 1. The van der Waals surface area contributed by atoms with Gasteiger partial charge in [-0.15, -0.1) is 0 Å². The van der Waals surface area contributed by atoms with Crippen molar-refractivity contribution in [3.63, 3.8) is 0 Å². The Labute approximate surface area is 121 Å². The number of hydrogen-bond donors (Lipinski definition) is 3. The number of carboxylic acid groups (broad SMARTS) is 1. The van der Waals surface area contributed by atoms with Gasteiger partial charge in [-0.25, -0.2) is 14.0 Å². The highest BCUT2D eigenvalue weighted by molar-refractivity contribution is 6.00. The van der Waals surface area contributed by atoms with Gasteiger partial charge in [-0.2, -0.15) is 0 Å². The monoisotopic (exact) mass is 295 g/mol. The molecule has 1 aliphatic heterocycles. The predicted molar refractivity (Wildman–Crippen MR) is 76.0 cm³/mol. The minimum atomic E-state index is -1.28. The summed E-state index contributed by atoms with van der Waals surface area (Å²) in [5.74, 6) is -1.94. The van der Waals surface area contributed by atoms with Gasteiger partial charge >= 0.3 is 12.0 Å². The van der Waals surface area contributed by atoms with E-state index in [1.165, 1.54) is 6.07 Å².